The topological polar surface area (TPSA) is 46.2 Å². The zero-order valence-corrected chi connectivity index (χ0v) is 8.27. The van der Waals surface area contributed by atoms with Gasteiger partial charge in [-0.15, -0.1) is 0 Å². The molecule has 2 nitrogen and oxygen atoms in total. The molecule has 1 aliphatic rings. The molecule has 1 rings (SSSR count). The Morgan fingerprint density at radius 1 is 1.33 bits per heavy atom. The standard InChI is InChI=1S/C10H21NO/c1-9(2,12)7-10(8-11)5-3-4-6-10/h12H,3-8,11H2,1-2H3. The Morgan fingerprint density at radius 3 is 2.17 bits per heavy atom. The van der Waals surface area contributed by atoms with Crippen molar-refractivity contribution < 1.29 is 5.11 Å². The van der Waals surface area contributed by atoms with Gasteiger partial charge in [0.25, 0.3) is 0 Å². The average Bonchev–Trinajstić information content (AvgIpc) is 2.34. The molecule has 3 N–H and O–H groups in total. The van der Waals surface area contributed by atoms with Gasteiger partial charge in [-0.1, -0.05) is 12.8 Å². The molecule has 0 heterocycles. The summed E-state index contributed by atoms with van der Waals surface area (Å²) in [5, 5.41) is 9.72. The minimum Gasteiger partial charge on any atom is -0.390 e. The number of hydrogen-bond donors (Lipinski definition) is 2. The molecule has 0 aliphatic heterocycles. The molecule has 2 heteroatoms. The molecule has 0 saturated heterocycles. The summed E-state index contributed by atoms with van der Waals surface area (Å²) < 4.78 is 0. The van der Waals surface area contributed by atoms with Crippen LogP contribution in [0.25, 0.3) is 0 Å². The van der Waals surface area contributed by atoms with Crippen LogP contribution in [-0.2, 0) is 0 Å². The second-order valence-electron chi connectivity index (χ2n) is 4.90. The highest BCUT2D eigenvalue weighted by atomic mass is 16.3. The number of nitrogens with two attached hydrogens (primary N) is 1. The third kappa shape index (κ3) is 2.46. The molecule has 0 radical (unpaired) electrons. The Hall–Kier alpha value is -0.0800. The van der Waals surface area contributed by atoms with Gasteiger partial charge in [-0.2, -0.15) is 0 Å². The van der Waals surface area contributed by atoms with Crippen LogP contribution in [0.4, 0.5) is 0 Å². The van der Waals surface area contributed by atoms with Crippen LogP contribution >= 0.6 is 0 Å². The fourth-order valence-electron chi connectivity index (χ4n) is 2.50. The van der Waals surface area contributed by atoms with Gasteiger partial charge in [0.2, 0.25) is 0 Å². The van der Waals surface area contributed by atoms with Crippen molar-refractivity contribution in [1.82, 2.24) is 0 Å². The molecule has 0 unspecified atom stereocenters. The smallest absolute Gasteiger partial charge is 0.0597 e. The summed E-state index contributed by atoms with van der Waals surface area (Å²) in [5.74, 6) is 0. The van der Waals surface area contributed by atoms with Gasteiger partial charge in [0.1, 0.15) is 0 Å². The minimum absolute atomic E-state index is 0.248. The Labute approximate surface area is 75.2 Å². The van der Waals surface area contributed by atoms with E-state index in [4.69, 9.17) is 5.73 Å². The maximum absolute atomic E-state index is 9.72. The van der Waals surface area contributed by atoms with E-state index in [1.807, 2.05) is 13.8 Å². The van der Waals surface area contributed by atoms with E-state index in [-0.39, 0.29) is 5.41 Å². The van der Waals surface area contributed by atoms with Crippen LogP contribution in [-0.4, -0.2) is 17.3 Å². The third-order valence-electron chi connectivity index (χ3n) is 2.90. The first kappa shape index (κ1) is 10.0. The van der Waals surface area contributed by atoms with Gasteiger partial charge in [0.15, 0.2) is 0 Å². The van der Waals surface area contributed by atoms with Crippen LogP contribution < -0.4 is 5.73 Å². The molecule has 1 fully saturated rings. The monoisotopic (exact) mass is 171 g/mol. The molecule has 0 aromatic rings. The largest absolute Gasteiger partial charge is 0.390 e. The van der Waals surface area contributed by atoms with Crippen LogP contribution in [0, 0.1) is 5.41 Å². The fourth-order valence-corrected chi connectivity index (χ4v) is 2.50. The van der Waals surface area contributed by atoms with Crippen LogP contribution in [0.1, 0.15) is 46.0 Å². The van der Waals surface area contributed by atoms with Gasteiger partial charge in [0.05, 0.1) is 5.60 Å². The molecule has 0 aromatic heterocycles. The summed E-state index contributed by atoms with van der Waals surface area (Å²) >= 11 is 0. The molecule has 72 valence electrons. The molecular formula is C10H21NO. The first-order valence-electron chi connectivity index (χ1n) is 4.90. The van der Waals surface area contributed by atoms with Crippen molar-refractivity contribution in [1.29, 1.82) is 0 Å². The summed E-state index contributed by atoms with van der Waals surface area (Å²) in [6.45, 7) is 4.49. The molecule has 1 saturated carbocycles. The van der Waals surface area contributed by atoms with E-state index >= 15 is 0 Å². The maximum atomic E-state index is 9.72. The Kier molecular flexibility index (Phi) is 2.79. The van der Waals surface area contributed by atoms with E-state index in [1.165, 1.54) is 25.7 Å². The molecule has 0 amide bonds. The molecule has 0 aromatic carbocycles. The van der Waals surface area contributed by atoms with E-state index in [2.05, 4.69) is 0 Å². The van der Waals surface area contributed by atoms with E-state index in [0.29, 0.717) is 0 Å². The number of aliphatic hydroxyl groups is 1. The van der Waals surface area contributed by atoms with Crippen molar-refractivity contribution in [2.45, 2.75) is 51.6 Å². The molecule has 12 heavy (non-hydrogen) atoms. The summed E-state index contributed by atoms with van der Waals surface area (Å²) in [7, 11) is 0. The normalized spacial score (nSPS) is 23.0. The Balaban J connectivity index is 2.55. The zero-order valence-electron chi connectivity index (χ0n) is 8.27. The van der Waals surface area contributed by atoms with E-state index in [1.54, 1.807) is 0 Å². The van der Waals surface area contributed by atoms with Gasteiger partial charge in [-0.05, 0) is 45.1 Å². The van der Waals surface area contributed by atoms with Crippen molar-refractivity contribution in [3.63, 3.8) is 0 Å². The first-order valence-corrected chi connectivity index (χ1v) is 4.90. The second-order valence-corrected chi connectivity index (χ2v) is 4.90. The van der Waals surface area contributed by atoms with Crippen molar-refractivity contribution in [2.24, 2.45) is 11.1 Å². The molecule has 0 spiro atoms. The highest BCUT2D eigenvalue weighted by Gasteiger charge is 2.36. The summed E-state index contributed by atoms with van der Waals surface area (Å²) in [4.78, 5) is 0. The third-order valence-corrected chi connectivity index (χ3v) is 2.90. The molecule has 1 aliphatic carbocycles. The minimum atomic E-state index is -0.552. The SMILES string of the molecule is CC(C)(O)CC1(CN)CCCC1. The summed E-state index contributed by atoms with van der Waals surface area (Å²) in [5.41, 5.74) is 5.46. The highest BCUT2D eigenvalue weighted by molar-refractivity contribution is 4.90. The van der Waals surface area contributed by atoms with E-state index in [9.17, 15) is 5.11 Å². The molecule has 0 atom stereocenters. The van der Waals surface area contributed by atoms with Crippen LogP contribution in [0.5, 0.6) is 0 Å². The fraction of sp³-hybridized carbons (Fsp3) is 1.00. The van der Waals surface area contributed by atoms with Crippen LogP contribution in [0.2, 0.25) is 0 Å². The highest BCUT2D eigenvalue weighted by Crippen LogP contribution is 2.42. The summed E-state index contributed by atoms with van der Waals surface area (Å²) in [6, 6.07) is 0. The van der Waals surface area contributed by atoms with Gasteiger partial charge in [-0.3, -0.25) is 0 Å². The molecular weight excluding hydrogens is 150 g/mol. The van der Waals surface area contributed by atoms with E-state index in [0.717, 1.165) is 13.0 Å². The van der Waals surface area contributed by atoms with Gasteiger partial charge < -0.3 is 10.8 Å². The predicted octanol–water partition coefficient (Wildman–Crippen LogP) is 1.67. The second kappa shape index (κ2) is 3.35. The van der Waals surface area contributed by atoms with Gasteiger partial charge in [0, 0.05) is 0 Å². The van der Waals surface area contributed by atoms with Crippen molar-refractivity contribution in [2.75, 3.05) is 6.54 Å². The lowest BCUT2D eigenvalue weighted by molar-refractivity contribution is 0.0251. The maximum Gasteiger partial charge on any atom is 0.0597 e. The van der Waals surface area contributed by atoms with Gasteiger partial charge >= 0.3 is 0 Å². The van der Waals surface area contributed by atoms with Crippen LogP contribution in [0.3, 0.4) is 0 Å². The van der Waals surface area contributed by atoms with Gasteiger partial charge in [-0.25, -0.2) is 0 Å². The lowest BCUT2D eigenvalue weighted by atomic mass is 9.77. The Bertz CT molecular complexity index is 142. The lowest BCUT2D eigenvalue weighted by Crippen LogP contribution is -2.36. The summed E-state index contributed by atoms with van der Waals surface area (Å²) in [6.07, 6.45) is 5.83. The number of rotatable bonds is 3. The zero-order chi connectivity index (χ0) is 9.24. The van der Waals surface area contributed by atoms with Crippen molar-refractivity contribution in [3.8, 4) is 0 Å². The average molecular weight is 171 g/mol. The van der Waals surface area contributed by atoms with E-state index < -0.39 is 5.60 Å². The predicted molar refractivity (Wildman–Crippen MR) is 50.9 cm³/mol. The Morgan fingerprint density at radius 2 is 1.83 bits per heavy atom. The number of hydrogen-bond acceptors (Lipinski definition) is 2. The molecule has 0 bridgehead atoms. The van der Waals surface area contributed by atoms with Crippen LogP contribution in [0.15, 0.2) is 0 Å². The van der Waals surface area contributed by atoms with Crippen molar-refractivity contribution >= 4 is 0 Å². The van der Waals surface area contributed by atoms with Crippen molar-refractivity contribution in [3.05, 3.63) is 0 Å². The first-order chi connectivity index (χ1) is 5.47. The lowest BCUT2D eigenvalue weighted by Gasteiger charge is -2.33. The quantitative estimate of drug-likeness (QED) is 0.678.